The van der Waals surface area contributed by atoms with Crippen LogP contribution in [0, 0.1) is 0 Å². The number of H-pyrrole nitrogens is 2. The maximum absolute atomic E-state index is 12.0. The number of rotatable bonds is 6. The van der Waals surface area contributed by atoms with Gasteiger partial charge < -0.3 is 15.2 Å². The number of pyridine rings is 3. The van der Waals surface area contributed by atoms with Crippen molar-refractivity contribution in [1.82, 2.24) is 30.1 Å². The van der Waals surface area contributed by atoms with Gasteiger partial charge in [-0.2, -0.15) is 5.10 Å². The van der Waals surface area contributed by atoms with Crippen LogP contribution >= 0.6 is 0 Å². The summed E-state index contributed by atoms with van der Waals surface area (Å²) < 4.78 is 0. The zero-order chi connectivity index (χ0) is 24.5. The van der Waals surface area contributed by atoms with Crippen molar-refractivity contribution in [2.75, 3.05) is 23.3 Å². The highest BCUT2D eigenvalue weighted by atomic mass is 16.1. The Morgan fingerprint density at radius 3 is 2.67 bits per heavy atom. The predicted molar refractivity (Wildman–Crippen MR) is 142 cm³/mol. The Kier molecular flexibility index (Phi) is 5.80. The highest BCUT2D eigenvalue weighted by Crippen LogP contribution is 2.34. The van der Waals surface area contributed by atoms with Gasteiger partial charge in [0.1, 0.15) is 5.69 Å². The first-order valence-electron chi connectivity index (χ1n) is 12.5. The highest BCUT2D eigenvalue weighted by Gasteiger charge is 2.18. The monoisotopic (exact) mass is 480 g/mol. The second-order valence-electron chi connectivity index (χ2n) is 9.30. The summed E-state index contributed by atoms with van der Waals surface area (Å²) in [6, 6.07) is 6.14. The van der Waals surface area contributed by atoms with E-state index in [1.54, 1.807) is 18.6 Å². The van der Waals surface area contributed by atoms with E-state index in [-0.39, 0.29) is 5.91 Å². The molecule has 1 fully saturated rings. The van der Waals surface area contributed by atoms with E-state index in [9.17, 15) is 4.79 Å². The number of amides is 1. The highest BCUT2D eigenvalue weighted by molar-refractivity contribution is 5.99. The van der Waals surface area contributed by atoms with Gasteiger partial charge in [-0.25, -0.2) is 4.98 Å². The van der Waals surface area contributed by atoms with Crippen LogP contribution in [0.5, 0.6) is 0 Å². The molecule has 36 heavy (non-hydrogen) atoms. The Hall–Kier alpha value is -4.27. The van der Waals surface area contributed by atoms with Crippen LogP contribution in [0.2, 0.25) is 0 Å². The summed E-state index contributed by atoms with van der Waals surface area (Å²) in [5, 5.41) is 12.6. The molecule has 0 aliphatic carbocycles. The molecule has 0 bridgehead atoms. The van der Waals surface area contributed by atoms with Crippen LogP contribution < -0.4 is 10.2 Å². The van der Waals surface area contributed by atoms with Gasteiger partial charge in [0.25, 0.3) is 0 Å². The maximum Gasteiger partial charge on any atom is 0.224 e. The van der Waals surface area contributed by atoms with Crippen LogP contribution in [0.15, 0.2) is 49.2 Å². The van der Waals surface area contributed by atoms with E-state index >= 15 is 0 Å². The van der Waals surface area contributed by atoms with Crippen molar-refractivity contribution in [1.29, 1.82) is 0 Å². The van der Waals surface area contributed by atoms with Gasteiger partial charge in [-0.05, 0) is 43.9 Å². The first kappa shape index (κ1) is 22.2. The molecule has 0 spiro atoms. The van der Waals surface area contributed by atoms with Crippen molar-refractivity contribution in [3.63, 3.8) is 0 Å². The number of hydrogen-bond acceptors (Lipinski definition) is 6. The van der Waals surface area contributed by atoms with Gasteiger partial charge in [0.15, 0.2) is 5.65 Å². The Balaban J connectivity index is 1.37. The number of carbonyl (C=O) groups is 1. The van der Waals surface area contributed by atoms with E-state index in [1.165, 1.54) is 24.9 Å². The second kappa shape index (κ2) is 9.41. The SMILES string of the molecule is CCCC(=O)Nc1cncc(-c2cnc3[nH]nc(-c4cc5c(N6CCCCC6)cncc5[nH]4)c3c2)c1. The smallest absolute Gasteiger partial charge is 0.224 e. The molecule has 6 rings (SSSR count). The molecule has 1 aliphatic heterocycles. The molecule has 1 amide bonds. The fourth-order valence-electron chi connectivity index (χ4n) is 4.93. The minimum Gasteiger partial charge on any atom is -0.370 e. The van der Waals surface area contributed by atoms with Gasteiger partial charge in [-0.1, -0.05) is 6.92 Å². The van der Waals surface area contributed by atoms with E-state index < -0.39 is 0 Å². The summed E-state index contributed by atoms with van der Waals surface area (Å²) in [5.74, 6) is -0.0145. The van der Waals surface area contributed by atoms with Crippen molar-refractivity contribution in [3.05, 3.63) is 49.2 Å². The normalized spacial score (nSPS) is 14.0. The third kappa shape index (κ3) is 4.17. The number of anilines is 2. The number of piperidine rings is 1. The largest absolute Gasteiger partial charge is 0.370 e. The number of aromatic amines is 2. The summed E-state index contributed by atoms with van der Waals surface area (Å²) in [6.07, 6.45) is 14.1. The van der Waals surface area contributed by atoms with E-state index in [0.29, 0.717) is 17.8 Å². The average molecular weight is 481 g/mol. The van der Waals surface area contributed by atoms with Crippen molar-refractivity contribution in [2.24, 2.45) is 0 Å². The molecule has 5 aromatic heterocycles. The lowest BCUT2D eigenvalue weighted by Gasteiger charge is -2.28. The molecular weight excluding hydrogens is 452 g/mol. The van der Waals surface area contributed by atoms with Gasteiger partial charge in [-0.15, -0.1) is 0 Å². The Labute approximate surface area is 208 Å². The van der Waals surface area contributed by atoms with Gasteiger partial charge in [0, 0.05) is 53.8 Å². The number of carbonyl (C=O) groups excluding carboxylic acids is 1. The maximum atomic E-state index is 12.0. The molecule has 0 radical (unpaired) electrons. The fourth-order valence-corrected chi connectivity index (χ4v) is 4.93. The third-order valence-electron chi connectivity index (χ3n) is 6.73. The molecule has 6 heterocycles. The molecule has 1 saturated heterocycles. The van der Waals surface area contributed by atoms with Gasteiger partial charge in [0.05, 0.1) is 41.2 Å². The number of nitrogens with one attached hydrogen (secondary N) is 3. The molecule has 3 N–H and O–H groups in total. The third-order valence-corrected chi connectivity index (χ3v) is 6.73. The first-order chi connectivity index (χ1) is 17.7. The van der Waals surface area contributed by atoms with Crippen LogP contribution in [0.1, 0.15) is 39.0 Å². The minimum absolute atomic E-state index is 0.0145. The van der Waals surface area contributed by atoms with Crippen LogP contribution in [0.3, 0.4) is 0 Å². The molecule has 0 saturated carbocycles. The molecule has 182 valence electrons. The van der Waals surface area contributed by atoms with Crippen LogP contribution in [0.4, 0.5) is 11.4 Å². The standard InChI is InChI=1S/C27H28N8O/c1-2-6-25(36)31-19-9-17(12-28-14-19)18-10-21-26(33-34-27(21)30-13-18)22-11-20-23(32-22)15-29-16-24(20)35-7-4-3-5-8-35/h9-16,32H,2-8H2,1H3,(H,31,36)(H,30,33,34). The summed E-state index contributed by atoms with van der Waals surface area (Å²) in [5.41, 5.74) is 7.04. The second-order valence-corrected chi connectivity index (χ2v) is 9.30. The lowest BCUT2D eigenvalue weighted by Crippen LogP contribution is -2.29. The number of nitrogens with zero attached hydrogens (tertiary/aromatic N) is 5. The summed E-state index contributed by atoms with van der Waals surface area (Å²) in [7, 11) is 0. The lowest BCUT2D eigenvalue weighted by atomic mass is 10.1. The Morgan fingerprint density at radius 1 is 0.972 bits per heavy atom. The lowest BCUT2D eigenvalue weighted by molar-refractivity contribution is -0.116. The topological polar surface area (TPSA) is 115 Å². The molecular formula is C27H28N8O. The van der Waals surface area contributed by atoms with Crippen molar-refractivity contribution in [3.8, 4) is 22.5 Å². The summed E-state index contributed by atoms with van der Waals surface area (Å²) in [4.78, 5) is 31.4. The van der Waals surface area contributed by atoms with Crippen molar-refractivity contribution < 1.29 is 4.79 Å². The molecule has 0 unspecified atom stereocenters. The summed E-state index contributed by atoms with van der Waals surface area (Å²) >= 11 is 0. The van der Waals surface area contributed by atoms with E-state index in [4.69, 9.17) is 0 Å². The molecule has 5 aromatic rings. The van der Waals surface area contributed by atoms with Crippen molar-refractivity contribution >= 4 is 39.2 Å². The molecule has 9 heteroatoms. The van der Waals surface area contributed by atoms with E-state index in [2.05, 4.69) is 52.5 Å². The predicted octanol–water partition coefficient (Wildman–Crippen LogP) is 5.29. The number of hydrogen-bond donors (Lipinski definition) is 3. The fraction of sp³-hybridized carbons (Fsp3) is 0.296. The number of fused-ring (bicyclic) bond motifs is 2. The molecule has 0 aromatic carbocycles. The number of aromatic nitrogens is 6. The quantitative estimate of drug-likeness (QED) is 0.304. The van der Waals surface area contributed by atoms with Crippen LogP contribution in [0.25, 0.3) is 44.5 Å². The van der Waals surface area contributed by atoms with Crippen LogP contribution in [-0.4, -0.2) is 49.1 Å². The Morgan fingerprint density at radius 2 is 1.81 bits per heavy atom. The van der Waals surface area contributed by atoms with Gasteiger partial charge >= 0.3 is 0 Å². The molecule has 1 aliphatic rings. The van der Waals surface area contributed by atoms with Crippen LogP contribution in [-0.2, 0) is 4.79 Å². The zero-order valence-corrected chi connectivity index (χ0v) is 20.2. The Bertz CT molecular complexity index is 1550. The van der Waals surface area contributed by atoms with Gasteiger partial charge in [0.2, 0.25) is 5.91 Å². The summed E-state index contributed by atoms with van der Waals surface area (Å²) in [6.45, 7) is 4.10. The molecule has 0 atom stereocenters. The zero-order valence-electron chi connectivity index (χ0n) is 20.2. The average Bonchev–Trinajstić information content (AvgIpc) is 3.53. The molecule has 9 nitrogen and oxygen atoms in total. The van der Waals surface area contributed by atoms with Crippen molar-refractivity contribution in [2.45, 2.75) is 39.0 Å². The first-order valence-corrected chi connectivity index (χ1v) is 12.5. The minimum atomic E-state index is -0.0145. The van der Waals surface area contributed by atoms with Gasteiger partial charge in [-0.3, -0.25) is 19.9 Å². The van der Waals surface area contributed by atoms with E-state index in [0.717, 1.165) is 58.3 Å². The van der Waals surface area contributed by atoms with E-state index in [1.807, 2.05) is 25.4 Å².